The van der Waals surface area contributed by atoms with Crippen LogP contribution in [0.1, 0.15) is 103 Å². The van der Waals surface area contributed by atoms with Crippen molar-refractivity contribution in [2.24, 2.45) is 0 Å². The minimum absolute atomic E-state index is 0.0476. The number of carbonyl (C=O) groups excluding carboxylic acids is 2. The summed E-state index contributed by atoms with van der Waals surface area (Å²) < 4.78 is 6.56. The van der Waals surface area contributed by atoms with Gasteiger partial charge in [-0.15, -0.1) is 5.10 Å². The second-order valence-electron chi connectivity index (χ2n) is 11.2. The van der Waals surface area contributed by atoms with Gasteiger partial charge in [0.15, 0.2) is 12.0 Å². The fourth-order valence-electron chi connectivity index (χ4n) is 4.99. The largest absolute Gasteiger partial charge is 0.394 e. The molecule has 246 valence electrons. The molecular formula is C30H53N5O7S. The zero-order valence-electron chi connectivity index (χ0n) is 25.6. The second-order valence-corrected chi connectivity index (χ2v) is 12.3. The Morgan fingerprint density at radius 3 is 2.19 bits per heavy atom. The Bertz CT molecular complexity index is 906. The lowest BCUT2D eigenvalue weighted by atomic mass is 9.98. The lowest BCUT2D eigenvalue weighted by Crippen LogP contribution is -2.56. The third-order valence-corrected chi connectivity index (χ3v) is 8.61. The molecule has 2 rings (SSSR count). The van der Waals surface area contributed by atoms with Gasteiger partial charge >= 0.3 is 0 Å². The van der Waals surface area contributed by atoms with Crippen molar-refractivity contribution in [1.29, 1.82) is 0 Å². The van der Waals surface area contributed by atoms with Crippen molar-refractivity contribution < 1.29 is 34.8 Å². The van der Waals surface area contributed by atoms with Crippen LogP contribution >= 0.6 is 11.8 Å². The van der Waals surface area contributed by atoms with Gasteiger partial charge in [0.2, 0.25) is 11.8 Å². The molecule has 0 aliphatic carbocycles. The molecule has 13 heteroatoms. The summed E-state index contributed by atoms with van der Waals surface area (Å²) in [5.41, 5.74) is 0. The summed E-state index contributed by atoms with van der Waals surface area (Å²) in [7, 11) is 0. The fraction of sp³-hybridized carbons (Fsp3) is 0.800. The van der Waals surface area contributed by atoms with E-state index in [0.717, 1.165) is 23.9 Å². The van der Waals surface area contributed by atoms with Crippen molar-refractivity contribution in [3.05, 3.63) is 19.5 Å². The van der Waals surface area contributed by atoms with Gasteiger partial charge in [0, 0.05) is 12.2 Å². The lowest BCUT2D eigenvalue weighted by Gasteiger charge is -2.39. The van der Waals surface area contributed by atoms with Crippen LogP contribution in [0.25, 0.3) is 0 Å². The highest BCUT2D eigenvalue weighted by Crippen LogP contribution is 2.28. The zero-order valence-corrected chi connectivity index (χ0v) is 26.4. The first-order valence-electron chi connectivity index (χ1n) is 15.8. The topological polar surface area (TPSA) is 179 Å². The highest BCUT2D eigenvalue weighted by molar-refractivity contribution is 7.99. The van der Waals surface area contributed by atoms with E-state index in [4.69, 9.17) is 4.74 Å². The monoisotopic (exact) mass is 627 g/mol. The quantitative estimate of drug-likeness (QED) is 0.0988. The Labute approximate surface area is 260 Å². The maximum Gasteiger partial charge on any atom is 0.249 e. The van der Waals surface area contributed by atoms with Crippen molar-refractivity contribution in [2.45, 2.75) is 134 Å². The summed E-state index contributed by atoms with van der Waals surface area (Å²) in [5, 5.41) is 52.9. The first-order chi connectivity index (χ1) is 20.8. The second kappa shape index (κ2) is 21.9. The normalized spacial score (nSPS) is 22.8. The number of nitrogens with one attached hydrogen (secondary N) is 2. The van der Waals surface area contributed by atoms with E-state index in [1.807, 2.05) is 0 Å². The molecule has 0 saturated carbocycles. The highest BCUT2D eigenvalue weighted by atomic mass is 32.2. The molecular weight excluding hydrogens is 574 g/mol. The molecule has 1 saturated heterocycles. The van der Waals surface area contributed by atoms with Gasteiger partial charge in [-0.1, -0.05) is 89.2 Å². The molecule has 1 aromatic rings. The van der Waals surface area contributed by atoms with E-state index in [1.54, 1.807) is 6.42 Å². The van der Waals surface area contributed by atoms with E-state index in [9.17, 15) is 30.0 Å². The van der Waals surface area contributed by atoms with Crippen LogP contribution in [-0.2, 0) is 14.3 Å². The molecule has 1 aliphatic rings. The molecule has 1 aromatic heterocycles. The maximum absolute atomic E-state index is 13.0. The predicted octanol–water partition coefficient (Wildman–Crippen LogP) is 2.93. The Morgan fingerprint density at radius 1 is 1.00 bits per heavy atom. The Morgan fingerprint density at radius 2 is 1.60 bits per heavy atom. The summed E-state index contributed by atoms with van der Waals surface area (Å²) in [6.07, 6.45) is 12.3. The van der Waals surface area contributed by atoms with Crippen LogP contribution in [0.3, 0.4) is 0 Å². The molecule has 2 amide bonds. The predicted molar refractivity (Wildman–Crippen MR) is 167 cm³/mol. The zero-order chi connectivity index (χ0) is 31.5. The lowest BCUT2D eigenvalue weighted by molar-refractivity contribution is -0.254. The molecule has 1 aliphatic heterocycles. The van der Waals surface area contributed by atoms with Crippen molar-refractivity contribution in [3.8, 4) is 0 Å². The molecule has 6 atom stereocenters. The third kappa shape index (κ3) is 13.8. The Kier molecular flexibility index (Phi) is 19.0. The summed E-state index contributed by atoms with van der Waals surface area (Å²) in [4.78, 5) is 25.7. The van der Waals surface area contributed by atoms with Gasteiger partial charge in [-0.05, 0) is 25.5 Å². The summed E-state index contributed by atoms with van der Waals surface area (Å²) in [6, 6.07) is -0.808. The highest BCUT2D eigenvalue weighted by Gasteiger charge is 2.44. The first kappa shape index (κ1) is 37.4. The molecule has 1 fully saturated rings. The van der Waals surface area contributed by atoms with Crippen molar-refractivity contribution >= 4 is 29.4 Å². The molecule has 43 heavy (non-hydrogen) atoms. The number of rotatable bonds is 23. The van der Waals surface area contributed by atoms with E-state index in [-0.39, 0.29) is 11.7 Å². The first-order valence-corrected chi connectivity index (χ1v) is 17.0. The smallest absolute Gasteiger partial charge is 0.249 e. The number of aliphatic hydroxyl groups excluding tert-OH is 4. The van der Waals surface area contributed by atoms with Gasteiger partial charge in [-0.3, -0.25) is 9.59 Å². The molecule has 0 bridgehead atoms. The van der Waals surface area contributed by atoms with Crippen molar-refractivity contribution in [1.82, 2.24) is 20.3 Å². The summed E-state index contributed by atoms with van der Waals surface area (Å²) in [5.74, 6) is 0.337. The molecule has 0 spiro atoms. The number of ether oxygens (including phenoxy) is 1. The number of thioether (sulfide) groups is 1. The number of carbonyl (C=O) groups is 2. The van der Waals surface area contributed by atoms with Crippen molar-refractivity contribution in [3.63, 3.8) is 0 Å². The standard InChI is InChI=1S/C30H53N5O7S/c1-3-5-6-7-8-9-10-11-12-13-14-15-16-17-25(37)31-22(21-43-18-4-2)29(41)32-24-19-35(34-33-24)30-28(40)27(39)26(38)23(20-36)42-30/h4,19,22-23,26-28,30,36,38-40H,2-3,5-18,20-21H2,1H3,(H,31,37)(H,32,41)/t22-,23?,26?,27?,28?,30-/m1/s1. The number of hydrogen-bond donors (Lipinski definition) is 6. The average Bonchev–Trinajstić information content (AvgIpc) is 3.46. The summed E-state index contributed by atoms with van der Waals surface area (Å²) in [6.45, 7) is 5.35. The van der Waals surface area contributed by atoms with Crippen LogP contribution in [0.15, 0.2) is 6.20 Å². The van der Waals surface area contributed by atoms with Crippen LogP contribution in [0.4, 0.5) is 5.82 Å². The number of aromatic nitrogens is 3. The van der Waals surface area contributed by atoms with Gasteiger partial charge < -0.3 is 35.8 Å². The molecule has 6 N–H and O–H groups in total. The number of unbranched alkanes of at least 4 members (excludes halogenated alkanes) is 12. The average molecular weight is 628 g/mol. The number of aliphatic hydroxyl groups is 4. The van der Waals surface area contributed by atoms with Gasteiger partial charge in [-0.2, -0.15) is 11.8 Å². The minimum Gasteiger partial charge on any atom is -0.394 e. The van der Waals surface area contributed by atoms with E-state index >= 15 is 0 Å². The van der Waals surface area contributed by atoms with Crippen LogP contribution < -0.4 is 10.6 Å². The van der Waals surface area contributed by atoms with Crippen LogP contribution in [-0.4, -0.2) is 95.8 Å². The van der Waals surface area contributed by atoms with Gasteiger partial charge in [-0.25, -0.2) is 4.68 Å². The Hall–Kier alpha value is -1.77. The van der Waals surface area contributed by atoms with Crippen LogP contribution in [0.5, 0.6) is 0 Å². The number of nitrogens with zero attached hydrogens (tertiary/aromatic N) is 3. The van der Waals surface area contributed by atoms with E-state index in [2.05, 4.69) is 34.8 Å². The maximum atomic E-state index is 13.0. The van der Waals surface area contributed by atoms with Crippen LogP contribution in [0, 0.1) is 13.3 Å². The molecule has 4 unspecified atom stereocenters. The Balaban J connectivity index is 1.74. The third-order valence-electron chi connectivity index (χ3n) is 7.57. The molecule has 2 heterocycles. The van der Waals surface area contributed by atoms with Gasteiger partial charge in [0.25, 0.3) is 0 Å². The number of hydrogen-bond acceptors (Lipinski definition) is 10. The van der Waals surface area contributed by atoms with E-state index in [0.29, 0.717) is 17.9 Å². The number of anilines is 1. The van der Waals surface area contributed by atoms with E-state index in [1.165, 1.54) is 82.2 Å². The van der Waals surface area contributed by atoms with Crippen molar-refractivity contribution in [2.75, 3.05) is 23.4 Å². The molecule has 0 aromatic carbocycles. The molecule has 12 nitrogen and oxygen atoms in total. The minimum atomic E-state index is -1.57. The van der Waals surface area contributed by atoms with Crippen LogP contribution in [0.2, 0.25) is 0 Å². The van der Waals surface area contributed by atoms with Gasteiger partial charge in [0.05, 0.1) is 12.8 Å². The molecule has 2 radical (unpaired) electrons. The summed E-state index contributed by atoms with van der Waals surface area (Å²) >= 11 is 1.46. The SMILES string of the molecule is [CH2][CH]CSC[C@@H](NC(=O)CCCCCCCCCCCCCCC)C(=O)Nc1cn([C@@H]2OC(CO)C(O)C(O)C2O)nn1. The van der Waals surface area contributed by atoms with Gasteiger partial charge in [0.1, 0.15) is 30.5 Å². The number of amides is 2. The fourth-order valence-corrected chi connectivity index (χ4v) is 5.77. The van der Waals surface area contributed by atoms with E-state index < -0.39 is 49.2 Å².